The van der Waals surface area contributed by atoms with Gasteiger partial charge < -0.3 is 19.3 Å². The number of carbonyl (C=O) groups excluding carboxylic acids is 2. The summed E-state index contributed by atoms with van der Waals surface area (Å²) in [5, 5.41) is 0. The van der Waals surface area contributed by atoms with Crippen molar-refractivity contribution in [3.8, 4) is 11.5 Å². The average molecular weight is 440 g/mol. The second kappa shape index (κ2) is 7.76. The molecule has 0 N–H and O–H groups in total. The van der Waals surface area contributed by atoms with Crippen molar-refractivity contribution in [2.75, 3.05) is 44.9 Å². The van der Waals surface area contributed by atoms with Gasteiger partial charge in [-0.15, -0.1) is 0 Å². The van der Waals surface area contributed by atoms with Crippen LogP contribution >= 0.6 is 11.8 Å². The summed E-state index contributed by atoms with van der Waals surface area (Å²) in [5.41, 5.74) is 2.02. The first-order chi connectivity index (χ1) is 15.0. The molecular weight excluding hydrogens is 414 g/mol. The fraction of sp³-hybridized carbons (Fsp3) is 0.391. The predicted molar refractivity (Wildman–Crippen MR) is 119 cm³/mol. The fourth-order valence-electron chi connectivity index (χ4n) is 4.36. The highest BCUT2D eigenvalue weighted by Crippen LogP contribution is 2.45. The molecule has 1 atom stereocenters. The lowest BCUT2D eigenvalue weighted by atomic mass is 10.1. The van der Waals surface area contributed by atoms with Crippen LogP contribution in [0.5, 0.6) is 11.5 Å². The highest BCUT2D eigenvalue weighted by molar-refractivity contribution is 8.02. The van der Waals surface area contributed by atoms with Gasteiger partial charge >= 0.3 is 0 Å². The Kier molecular flexibility index (Phi) is 5.06. The van der Waals surface area contributed by atoms with E-state index < -0.39 is 4.75 Å². The van der Waals surface area contributed by atoms with Crippen molar-refractivity contribution in [3.05, 3.63) is 48.0 Å². The van der Waals surface area contributed by atoms with Crippen LogP contribution in [0.4, 0.5) is 5.69 Å². The Balaban J connectivity index is 1.24. The molecule has 0 radical (unpaired) electrons. The largest absolute Gasteiger partial charge is 0.454 e. The maximum absolute atomic E-state index is 13.4. The number of rotatable bonds is 3. The fourth-order valence-corrected chi connectivity index (χ4v) is 5.69. The quantitative estimate of drug-likeness (QED) is 0.685. The molecule has 0 aliphatic carbocycles. The van der Waals surface area contributed by atoms with Gasteiger partial charge in [0.15, 0.2) is 16.2 Å². The first kappa shape index (κ1) is 20.2. The number of para-hydroxylation sites is 1. The number of piperazine rings is 1. The normalized spacial score (nSPS) is 23.1. The molecule has 8 heteroatoms. The molecule has 3 aliphatic rings. The van der Waals surface area contributed by atoms with Gasteiger partial charge in [-0.2, -0.15) is 0 Å². The molecule has 0 aromatic heterocycles. The molecule has 2 aromatic carbocycles. The van der Waals surface area contributed by atoms with Gasteiger partial charge in [-0.3, -0.25) is 14.5 Å². The summed E-state index contributed by atoms with van der Waals surface area (Å²) in [7, 11) is 1.75. The van der Waals surface area contributed by atoms with Gasteiger partial charge in [0.05, 0.1) is 5.69 Å². The Bertz CT molecular complexity index is 1040. The molecule has 0 bridgehead atoms. The maximum Gasteiger partial charge on any atom is 0.252 e. The molecular formula is C23H25N3O4S. The number of hydrogen-bond acceptors (Lipinski definition) is 6. The van der Waals surface area contributed by atoms with E-state index in [1.54, 1.807) is 18.9 Å². The van der Waals surface area contributed by atoms with Gasteiger partial charge in [-0.25, -0.2) is 0 Å². The molecule has 1 saturated heterocycles. The Morgan fingerprint density at radius 2 is 1.81 bits per heavy atom. The Labute approximate surface area is 185 Å². The van der Waals surface area contributed by atoms with Crippen molar-refractivity contribution in [1.29, 1.82) is 0 Å². The number of thioether (sulfide) groups is 1. The number of fused-ring (bicyclic) bond motifs is 2. The molecule has 31 heavy (non-hydrogen) atoms. The summed E-state index contributed by atoms with van der Waals surface area (Å²) in [6.45, 7) is 5.57. The zero-order valence-electron chi connectivity index (χ0n) is 17.7. The number of hydrogen-bond donors (Lipinski definition) is 0. The third-order valence-electron chi connectivity index (χ3n) is 6.16. The summed E-state index contributed by atoms with van der Waals surface area (Å²) in [5.74, 6) is 1.31. The third kappa shape index (κ3) is 3.53. The number of amides is 2. The molecule has 5 rings (SSSR count). The highest BCUT2D eigenvalue weighted by atomic mass is 32.2. The van der Waals surface area contributed by atoms with E-state index in [-0.39, 0.29) is 18.6 Å². The van der Waals surface area contributed by atoms with Crippen LogP contribution in [-0.2, 0) is 16.1 Å². The third-order valence-corrected chi connectivity index (χ3v) is 7.49. The second-order valence-electron chi connectivity index (χ2n) is 8.22. The van der Waals surface area contributed by atoms with Gasteiger partial charge in [-0.1, -0.05) is 30.0 Å². The van der Waals surface area contributed by atoms with E-state index in [9.17, 15) is 9.59 Å². The van der Waals surface area contributed by atoms with Crippen molar-refractivity contribution >= 4 is 29.3 Å². The van der Waals surface area contributed by atoms with E-state index in [0.29, 0.717) is 13.1 Å². The van der Waals surface area contributed by atoms with Crippen LogP contribution in [0.1, 0.15) is 12.5 Å². The van der Waals surface area contributed by atoms with Crippen LogP contribution in [0.3, 0.4) is 0 Å². The Hall–Kier alpha value is -2.71. The minimum atomic E-state index is -1.14. The zero-order valence-corrected chi connectivity index (χ0v) is 18.5. The predicted octanol–water partition coefficient (Wildman–Crippen LogP) is 2.59. The molecule has 162 valence electrons. The first-order valence-corrected chi connectivity index (χ1v) is 11.2. The van der Waals surface area contributed by atoms with Crippen LogP contribution in [0, 0.1) is 0 Å². The molecule has 1 unspecified atom stereocenters. The van der Waals surface area contributed by atoms with Crippen LogP contribution in [0.25, 0.3) is 0 Å². The van der Waals surface area contributed by atoms with Crippen LogP contribution in [0.2, 0.25) is 0 Å². The maximum atomic E-state index is 13.4. The van der Waals surface area contributed by atoms with Gasteiger partial charge in [0.1, 0.15) is 0 Å². The van der Waals surface area contributed by atoms with E-state index >= 15 is 0 Å². The van der Waals surface area contributed by atoms with Crippen molar-refractivity contribution < 1.29 is 19.1 Å². The summed E-state index contributed by atoms with van der Waals surface area (Å²) >= 11 is 1.37. The van der Waals surface area contributed by atoms with Crippen LogP contribution in [-0.4, -0.2) is 66.4 Å². The molecule has 0 saturated carbocycles. The van der Waals surface area contributed by atoms with Gasteiger partial charge in [0, 0.05) is 44.7 Å². The molecule has 7 nitrogen and oxygen atoms in total. The molecule has 3 heterocycles. The summed E-state index contributed by atoms with van der Waals surface area (Å²) in [4.78, 5) is 33.3. The van der Waals surface area contributed by atoms with E-state index in [1.165, 1.54) is 11.8 Å². The molecule has 3 aliphatic heterocycles. The van der Waals surface area contributed by atoms with Gasteiger partial charge in [-0.05, 0) is 36.8 Å². The number of ether oxygens (including phenoxy) is 2. The van der Waals surface area contributed by atoms with E-state index in [0.717, 1.165) is 47.3 Å². The summed E-state index contributed by atoms with van der Waals surface area (Å²) in [6, 6.07) is 13.7. The molecule has 2 aromatic rings. The first-order valence-electron chi connectivity index (χ1n) is 10.4. The van der Waals surface area contributed by atoms with E-state index in [4.69, 9.17) is 9.47 Å². The minimum Gasteiger partial charge on any atom is -0.454 e. The number of carbonyl (C=O) groups is 2. The topological polar surface area (TPSA) is 62.3 Å². The SMILES string of the molecule is CN1C(=O)C(C)(C(=O)N2CCN(Cc3ccc4c(c3)OCO4)CC2)Sc2ccccc21. The smallest absolute Gasteiger partial charge is 0.252 e. The average Bonchev–Trinajstić information content (AvgIpc) is 3.25. The lowest BCUT2D eigenvalue weighted by Crippen LogP contribution is -2.59. The van der Waals surface area contributed by atoms with Crippen LogP contribution < -0.4 is 14.4 Å². The van der Waals surface area contributed by atoms with Crippen molar-refractivity contribution in [2.24, 2.45) is 0 Å². The van der Waals surface area contributed by atoms with Crippen LogP contribution in [0.15, 0.2) is 47.4 Å². The standard InChI is InChI=1S/C23H25N3O4S/c1-23(21(27)24(2)17-5-3-4-6-20(17)31-23)22(28)26-11-9-25(10-12-26)14-16-7-8-18-19(13-16)30-15-29-18/h3-8,13H,9-12,14-15H2,1-2H3. The summed E-state index contributed by atoms with van der Waals surface area (Å²) < 4.78 is 9.71. The van der Waals surface area contributed by atoms with Crippen molar-refractivity contribution in [2.45, 2.75) is 23.1 Å². The summed E-state index contributed by atoms with van der Waals surface area (Å²) in [6.07, 6.45) is 0. The van der Waals surface area contributed by atoms with E-state index in [1.807, 2.05) is 41.3 Å². The van der Waals surface area contributed by atoms with Gasteiger partial charge in [0.25, 0.3) is 5.91 Å². The van der Waals surface area contributed by atoms with Crippen molar-refractivity contribution in [1.82, 2.24) is 9.80 Å². The van der Waals surface area contributed by atoms with E-state index in [2.05, 4.69) is 11.0 Å². The zero-order chi connectivity index (χ0) is 21.6. The Morgan fingerprint density at radius 3 is 2.61 bits per heavy atom. The molecule has 1 fully saturated rings. The Morgan fingerprint density at radius 1 is 1.06 bits per heavy atom. The lowest BCUT2D eigenvalue weighted by molar-refractivity contribution is -0.139. The molecule has 0 spiro atoms. The monoisotopic (exact) mass is 439 g/mol. The molecule has 2 amide bonds. The highest BCUT2D eigenvalue weighted by Gasteiger charge is 2.50. The van der Waals surface area contributed by atoms with Gasteiger partial charge in [0.2, 0.25) is 12.7 Å². The number of nitrogens with zero attached hydrogens (tertiary/aromatic N) is 3. The van der Waals surface area contributed by atoms with Crippen molar-refractivity contribution in [3.63, 3.8) is 0 Å². The minimum absolute atomic E-state index is 0.105. The number of anilines is 1. The second-order valence-corrected chi connectivity index (χ2v) is 9.68. The number of benzene rings is 2. The lowest BCUT2D eigenvalue weighted by Gasteiger charge is -2.42.